The van der Waals surface area contributed by atoms with E-state index in [4.69, 9.17) is 0 Å². The zero-order valence-electron chi connectivity index (χ0n) is 15.5. The molecular weight excluding hydrogens is 308 g/mol. The molecule has 2 saturated heterocycles. The summed E-state index contributed by atoms with van der Waals surface area (Å²) < 4.78 is 0. The SMILES string of the molecule is CC(C)(C)C(=O)N1CCN(CCCN2C(=O)NC(C)(C)C2=O)CC1. The van der Waals surface area contributed by atoms with Gasteiger partial charge in [0, 0.05) is 38.1 Å². The summed E-state index contributed by atoms with van der Waals surface area (Å²) in [6.45, 7) is 13.7. The van der Waals surface area contributed by atoms with Gasteiger partial charge in [0.1, 0.15) is 5.54 Å². The molecule has 136 valence electrons. The molecule has 2 heterocycles. The number of carbonyl (C=O) groups is 3. The highest BCUT2D eigenvalue weighted by atomic mass is 16.2. The fourth-order valence-corrected chi connectivity index (χ4v) is 3.12. The van der Waals surface area contributed by atoms with Gasteiger partial charge in [0.25, 0.3) is 5.91 Å². The molecule has 7 heteroatoms. The van der Waals surface area contributed by atoms with Crippen molar-refractivity contribution >= 4 is 17.8 Å². The van der Waals surface area contributed by atoms with Crippen LogP contribution >= 0.6 is 0 Å². The van der Waals surface area contributed by atoms with Crippen molar-refractivity contribution in [3.05, 3.63) is 0 Å². The monoisotopic (exact) mass is 338 g/mol. The van der Waals surface area contributed by atoms with Crippen LogP contribution in [-0.4, -0.2) is 77.4 Å². The first-order valence-electron chi connectivity index (χ1n) is 8.68. The van der Waals surface area contributed by atoms with Gasteiger partial charge in [-0.1, -0.05) is 20.8 Å². The predicted octanol–water partition coefficient (Wildman–Crippen LogP) is 0.897. The molecular formula is C17H30N4O3. The van der Waals surface area contributed by atoms with Crippen LogP contribution in [0.25, 0.3) is 0 Å². The first kappa shape index (κ1) is 18.7. The number of imide groups is 1. The van der Waals surface area contributed by atoms with E-state index in [1.165, 1.54) is 4.90 Å². The summed E-state index contributed by atoms with van der Waals surface area (Å²) in [7, 11) is 0. The van der Waals surface area contributed by atoms with Gasteiger partial charge in [-0.3, -0.25) is 19.4 Å². The van der Waals surface area contributed by atoms with Crippen LogP contribution in [0.1, 0.15) is 41.0 Å². The Labute approximate surface area is 144 Å². The highest BCUT2D eigenvalue weighted by Crippen LogP contribution is 2.19. The van der Waals surface area contributed by atoms with Crippen LogP contribution in [0.3, 0.4) is 0 Å². The van der Waals surface area contributed by atoms with E-state index >= 15 is 0 Å². The lowest BCUT2D eigenvalue weighted by molar-refractivity contribution is -0.141. The molecule has 0 bridgehead atoms. The quantitative estimate of drug-likeness (QED) is 0.773. The number of rotatable bonds is 4. The second-order valence-electron chi connectivity index (χ2n) is 8.25. The summed E-state index contributed by atoms with van der Waals surface area (Å²) in [5.74, 6) is 0.0387. The maximum Gasteiger partial charge on any atom is 0.325 e. The van der Waals surface area contributed by atoms with Crippen LogP contribution in [0.5, 0.6) is 0 Å². The molecule has 0 saturated carbocycles. The standard InChI is InChI=1S/C17H30N4O3/c1-16(2,3)13(22)20-11-9-19(10-12-20)7-6-8-21-14(23)17(4,5)18-15(21)24/h6-12H2,1-5H3,(H,18,24). The minimum absolute atomic E-state index is 0.159. The first-order chi connectivity index (χ1) is 11.0. The summed E-state index contributed by atoms with van der Waals surface area (Å²) in [6, 6.07) is -0.300. The Morgan fingerprint density at radius 1 is 1.08 bits per heavy atom. The van der Waals surface area contributed by atoms with E-state index in [0.717, 1.165) is 39.1 Å². The van der Waals surface area contributed by atoms with Crippen molar-refractivity contribution in [1.82, 2.24) is 20.0 Å². The van der Waals surface area contributed by atoms with Gasteiger partial charge in [-0.15, -0.1) is 0 Å². The molecule has 0 unspecified atom stereocenters. The minimum Gasteiger partial charge on any atom is -0.340 e. The van der Waals surface area contributed by atoms with E-state index < -0.39 is 5.54 Å². The highest BCUT2D eigenvalue weighted by molar-refractivity contribution is 6.06. The van der Waals surface area contributed by atoms with Crippen molar-refractivity contribution in [3.8, 4) is 0 Å². The van der Waals surface area contributed by atoms with Gasteiger partial charge < -0.3 is 10.2 Å². The maximum absolute atomic E-state index is 12.3. The molecule has 24 heavy (non-hydrogen) atoms. The molecule has 0 radical (unpaired) electrons. The number of carbonyl (C=O) groups excluding carboxylic acids is 3. The molecule has 0 aromatic rings. The van der Waals surface area contributed by atoms with Crippen molar-refractivity contribution < 1.29 is 14.4 Å². The van der Waals surface area contributed by atoms with E-state index in [2.05, 4.69) is 10.2 Å². The molecule has 0 atom stereocenters. The molecule has 2 fully saturated rings. The van der Waals surface area contributed by atoms with Crippen LogP contribution in [0.15, 0.2) is 0 Å². The summed E-state index contributed by atoms with van der Waals surface area (Å²) in [5, 5.41) is 2.69. The number of hydrogen-bond donors (Lipinski definition) is 1. The van der Waals surface area contributed by atoms with E-state index in [1.54, 1.807) is 13.8 Å². The van der Waals surface area contributed by atoms with Crippen molar-refractivity contribution in [2.75, 3.05) is 39.3 Å². The first-order valence-corrected chi connectivity index (χ1v) is 8.68. The van der Waals surface area contributed by atoms with E-state index in [0.29, 0.717) is 6.54 Å². The zero-order valence-corrected chi connectivity index (χ0v) is 15.5. The molecule has 0 aromatic carbocycles. The number of amides is 4. The fourth-order valence-electron chi connectivity index (χ4n) is 3.12. The molecule has 7 nitrogen and oxygen atoms in total. The van der Waals surface area contributed by atoms with Gasteiger partial charge in [0.2, 0.25) is 5.91 Å². The molecule has 2 aliphatic heterocycles. The third kappa shape index (κ3) is 4.06. The zero-order chi connectivity index (χ0) is 18.1. The van der Waals surface area contributed by atoms with E-state index in [1.807, 2.05) is 25.7 Å². The summed E-state index contributed by atoms with van der Waals surface area (Å²) >= 11 is 0. The van der Waals surface area contributed by atoms with Gasteiger partial charge >= 0.3 is 6.03 Å². The third-order valence-electron chi connectivity index (χ3n) is 4.60. The highest BCUT2D eigenvalue weighted by Gasteiger charge is 2.43. The van der Waals surface area contributed by atoms with Gasteiger partial charge in [-0.25, -0.2) is 4.79 Å². The second kappa shape index (κ2) is 6.70. The number of nitrogens with zero attached hydrogens (tertiary/aromatic N) is 3. The molecule has 1 N–H and O–H groups in total. The van der Waals surface area contributed by atoms with Crippen molar-refractivity contribution in [2.45, 2.75) is 46.6 Å². The van der Waals surface area contributed by atoms with E-state index in [9.17, 15) is 14.4 Å². The largest absolute Gasteiger partial charge is 0.340 e. The second-order valence-corrected chi connectivity index (χ2v) is 8.25. The molecule has 2 rings (SSSR count). The third-order valence-corrected chi connectivity index (χ3v) is 4.60. The Morgan fingerprint density at radius 2 is 1.67 bits per heavy atom. The lowest BCUT2D eigenvalue weighted by atomic mass is 9.94. The number of urea groups is 1. The number of nitrogens with one attached hydrogen (secondary N) is 1. The molecule has 0 spiro atoms. The van der Waals surface area contributed by atoms with Gasteiger partial charge in [0.05, 0.1) is 0 Å². The van der Waals surface area contributed by atoms with Crippen LogP contribution in [0, 0.1) is 5.41 Å². The number of hydrogen-bond acceptors (Lipinski definition) is 4. The van der Waals surface area contributed by atoms with Gasteiger partial charge in [0.15, 0.2) is 0 Å². The maximum atomic E-state index is 12.3. The summed E-state index contributed by atoms with van der Waals surface area (Å²) in [6.07, 6.45) is 0.752. The normalized spacial score (nSPS) is 22.0. The van der Waals surface area contributed by atoms with Gasteiger partial charge in [-0.2, -0.15) is 0 Å². The van der Waals surface area contributed by atoms with Crippen molar-refractivity contribution in [3.63, 3.8) is 0 Å². The smallest absolute Gasteiger partial charge is 0.325 e. The van der Waals surface area contributed by atoms with Crippen LogP contribution < -0.4 is 5.32 Å². The molecule has 0 aromatic heterocycles. The molecule has 0 aliphatic carbocycles. The summed E-state index contributed by atoms with van der Waals surface area (Å²) in [5.41, 5.74) is -1.13. The summed E-state index contributed by atoms with van der Waals surface area (Å²) in [4.78, 5) is 41.7. The minimum atomic E-state index is -0.796. The van der Waals surface area contributed by atoms with Crippen LogP contribution in [-0.2, 0) is 9.59 Å². The average Bonchev–Trinajstić information content (AvgIpc) is 2.68. The Hall–Kier alpha value is -1.63. The molecule has 2 aliphatic rings. The number of piperazine rings is 1. The Bertz CT molecular complexity index is 516. The van der Waals surface area contributed by atoms with Crippen LogP contribution in [0.2, 0.25) is 0 Å². The molecule has 4 amide bonds. The van der Waals surface area contributed by atoms with Crippen LogP contribution in [0.4, 0.5) is 4.79 Å². The lowest BCUT2D eigenvalue weighted by Gasteiger charge is -2.37. The lowest BCUT2D eigenvalue weighted by Crippen LogP contribution is -2.52. The van der Waals surface area contributed by atoms with E-state index in [-0.39, 0.29) is 23.3 Å². The predicted molar refractivity (Wildman–Crippen MR) is 91.4 cm³/mol. The topological polar surface area (TPSA) is 73.0 Å². The van der Waals surface area contributed by atoms with Crippen molar-refractivity contribution in [2.24, 2.45) is 5.41 Å². The Morgan fingerprint density at radius 3 is 2.12 bits per heavy atom. The fraction of sp³-hybridized carbons (Fsp3) is 0.824. The Balaban J connectivity index is 1.73. The van der Waals surface area contributed by atoms with Gasteiger partial charge in [-0.05, 0) is 26.8 Å². The van der Waals surface area contributed by atoms with Crippen molar-refractivity contribution in [1.29, 1.82) is 0 Å². The average molecular weight is 338 g/mol. The Kier molecular flexibility index (Phi) is 5.22.